The molecule has 0 aliphatic rings. The van der Waals surface area contributed by atoms with Crippen molar-refractivity contribution in [3.8, 4) is 5.75 Å². The number of carbonyl (C=O) groups is 2. The molecule has 1 aromatic rings. The minimum absolute atomic E-state index is 0.105. The average molecular weight is 237 g/mol. The van der Waals surface area contributed by atoms with Gasteiger partial charge in [0, 0.05) is 6.92 Å². The molecule has 17 heavy (non-hydrogen) atoms. The van der Waals surface area contributed by atoms with Gasteiger partial charge in [-0.25, -0.2) is 4.79 Å². The molecule has 1 aromatic carbocycles. The third-order valence-electron chi connectivity index (χ3n) is 1.90. The van der Waals surface area contributed by atoms with Gasteiger partial charge < -0.3 is 15.2 Å². The average Bonchev–Trinajstić information content (AvgIpc) is 2.18. The molecule has 0 saturated heterocycles. The summed E-state index contributed by atoms with van der Waals surface area (Å²) < 4.78 is 5.46. The second-order valence-electron chi connectivity index (χ2n) is 3.86. The molecular formula is C12H15NO4. The standard InChI is InChI=1S/C12H15NO4/c1-7(2)17-11-6-9(12(15)16)4-5-10(11)13-8(3)14/h4-7H,1-3H3,(H,13,14)(H,15,16). The topological polar surface area (TPSA) is 75.6 Å². The van der Waals surface area contributed by atoms with E-state index in [1.165, 1.54) is 25.1 Å². The molecule has 0 radical (unpaired) electrons. The summed E-state index contributed by atoms with van der Waals surface area (Å²) in [6, 6.07) is 4.33. The van der Waals surface area contributed by atoms with Crippen LogP contribution >= 0.6 is 0 Å². The number of nitrogens with one attached hydrogen (secondary N) is 1. The molecule has 0 atom stereocenters. The maximum atomic E-state index is 11.0. The lowest BCUT2D eigenvalue weighted by Gasteiger charge is -2.14. The van der Waals surface area contributed by atoms with Gasteiger partial charge >= 0.3 is 5.97 Å². The fourth-order valence-corrected chi connectivity index (χ4v) is 1.30. The van der Waals surface area contributed by atoms with Crippen molar-refractivity contribution in [2.24, 2.45) is 0 Å². The zero-order chi connectivity index (χ0) is 13.0. The number of carboxylic acid groups (broad SMARTS) is 1. The van der Waals surface area contributed by atoms with Crippen LogP contribution in [0.2, 0.25) is 0 Å². The largest absolute Gasteiger partial charge is 0.489 e. The van der Waals surface area contributed by atoms with Crippen LogP contribution in [0, 0.1) is 0 Å². The van der Waals surface area contributed by atoms with Crippen molar-refractivity contribution in [1.82, 2.24) is 0 Å². The van der Waals surface area contributed by atoms with Gasteiger partial charge in [-0.2, -0.15) is 0 Å². The highest BCUT2D eigenvalue weighted by molar-refractivity contribution is 5.93. The second kappa shape index (κ2) is 5.34. The van der Waals surface area contributed by atoms with Crippen LogP contribution in [0.5, 0.6) is 5.75 Å². The minimum Gasteiger partial charge on any atom is -0.489 e. The third kappa shape index (κ3) is 3.79. The quantitative estimate of drug-likeness (QED) is 0.841. The molecule has 0 aromatic heterocycles. The summed E-state index contributed by atoms with van der Waals surface area (Å²) in [5.41, 5.74) is 0.589. The molecular weight excluding hydrogens is 222 g/mol. The van der Waals surface area contributed by atoms with Crippen molar-refractivity contribution in [2.75, 3.05) is 5.32 Å². The van der Waals surface area contributed by atoms with Gasteiger partial charge in [0.2, 0.25) is 5.91 Å². The van der Waals surface area contributed by atoms with Crippen LogP contribution in [0.1, 0.15) is 31.1 Å². The number of aromatic carboxylic acids is 1. The lowest BCUT2D eigenvalue weighted by molar-refractivity contribution is -0.114. The number of hydrogen-bond acceptors (Lipinski definition) is 3. The Morgan fingerprint density at radius 1 is 1.35 bits per heavy atom. The lowest BCUT2D eigenvalue weighted by Crippen LogP contribution is -2.12. The van der Waals surface area contributed by atoms with E-state index < -0.39 is 5.97 Å². The summed E-state index contributed by atoms with van der Waals surface area (Å²) in [4.78, 5) is 21.8. The zero-order valence-corrected chi connectivity index (χ0v) is 9.98. The van der Waals surface area contributed by atoms with E-state index in [0.29, 0.717) is 11.4 Å². The number of hydrogen-bond donors (Lipinski definition) is 2. The summed E-state index contributed by atoms with van der Waals surface area (Å²) in [5.74, 6) is -0.912. The number of rotatable bonds is 4. The number of carbonyl (C=O) groups excluding carboxylic acids is 1. The van der Waals surface area contributed by atoms with Crippen molar-refractivity contribution in [3.63, 3.8) is 0 Å². The molecule has 0 spiro atoms. The van der Waals surface area contributed by atoms with E-state index in [2.05, 4.69) is 5.32 Å². The van der Waals surface area contributed by atoms with Crippen molar-refractivity contribution in [2.45, 2.75) is 26.9 Å². The van der Waals surface area contributed by atoms with E-state index in [-0.39, 0.29) is 17.6 Å². The Balaban J connectivity index is 3.11. The summed E-state index contributed by atoms with van der Waals surface area (Å²) >= 11 is 0. The van der Waals surface area contributed by atoms with Crippen molar-refractivity contribution >= 4 is 17.6 Å². The van der Waals surface area contributed by atoms with Gasteiger partial charge in [-0.05, 0) is 32.0 Å². The van der Waals surface area contributed by atoms with Crippen LogP contribution in [-0.4, -0.2) is 23.1 Å². The molecule has 5 nitrogen and oxygen atoms in total. The summed E-state index contributed by atoms with van der Waals surface area (Å²) in [6.45, 7) is 5.03. The summed E-state index contributed by atoms with van der Waals surface area (Å²) in [7, 11) is 0. The number of carboxylic acids is 1. The molecule has 0 aliphatic carbocycles. The predicted molar refractivity (Wildman–Crippen MR) is 63.5 cm³/mol. The SMILES string of the molecule is CC(=O)Nc1ccc(C(=O)O)cc1OC(C)C. The van der Waals surface area contributed by atoms with Gasteiger partial charge in [0.1, 0.15) is 5.75 Å². The Morgan fingerprint density at radius 2 is 2.00 bits per heavy atom. The third-order valence-corrected chi connectivity index (χ3v) is 1.90. The van der Waals surface area contributed by atoms with Gasteiger partial charge in [0.25, 0.3) is 0 Å². The van der Waals surface area contributed by atoms with Gasteiger partial charge in [-0.3, -0.25) is 4.79 Å². The van der Waals surface area contributed by atoms with E-state index in [1.54, 1.807) is 0 Å². The molecule has 92 valence electrons. The summed E-state index contributed by atoms with van der Waals surface area (Å²) in [6.07, 6.45) is -0.105. The smallest absolute Gasteiger partial charge is 0.335 e. The molecule has 0 heterocycles. The fourth-order valence-electron chi connectivity index (χ4n) is 1.30. The molecule has 0 saturated carbocycles. The van der Waals surface area contributed by atoms with Crippen LogP contribution in [0.25, 0.3) is 0 Å². The van der Waals surface area contributed by atoms with Crippen LogP contribution < -0.4 is 10.1 Å². The van der Waals surface area contributed by atoms with Gasteiger partial charge in [-0.15, -0.1) is 0 Å². The van der Waals surface area contributed by atoms with Crippen LogP contribution in [0.15, 0.2) is 18.2 Å². The lowest BCUT2D eigenvalue weighted by atomic mass is 10.2. The first-order chi connectivity index (χ1) is 7.90. The molecule has 0 unspecified atom stereocenters. The zero-order valence-electron chi connectivity index (χ0n) is 9.98. The van der Waals surface area contributed by atoms with E-state index in [4.69, 9.17) is 9.84 Å². The van der Waals surface area contributed by atoms with E-state index in [0.717, 1.165) is 0 Å². The number of ether oxygens (including phenoxy) is 1. The van der Waals surface area contributed by atoms with Crippen LogP contribution in [0.3, 0.4) is 0 Å². The van der Waals surface area contributed by atoms with Crippen molar-refractivity contribution in [3.05, 3.63) is 23.8 Å². The molecule has 0 fully saturated rings. The Bertz CT molecular complexity index is 440. The van der Waals surface area contributed by atoms with Crippen LogP contribution in [-0.2, 0) is 4.79 Å². The van der Waals surface area contributed by atoms with E-state index in [1.807, 2.05) is 13.8 Å². The van der Waals surface area contributed by atoms with Gasteiger partial charge in [0.15, 0.2) is 0 Å². The number of anilines is 1. The van der Waals surface area contributed by atoms with Gasteiger partial charge in [0.05, 0.1) is 17.4 Å². The molecule has 5 heteroatoms. The highest BCUT2D eigenvalue weighted by Crippen LogP contribution is 2.27. The Labute approximate surface area is 99.4 Å². The van der Waals surface area contributed by atoms with E-state index >= 15 is 0 Å². The Kier molecular flexibility index (Phi) is 4.09. The Hall–Kier alpha value is -2.04. The maximum absolute atomic E-state index is 11.0. The molecule has 1 amide bonds. The number of benzene rings is 1. The molecule has 1 rings (SSSR count). The second-order valence-corrected chi connectivity index (χ2v) is 3.86. The molecule has 2 N–H and O–H groups in total. The maximum Gasteiger partial charge on any atom is 0.335 e. The highest BCUT2D eigenvalue weighted by atomic mass is 16.5. The molecule has 0 aliphatic heterocycles. The van der Waals surface area contributed by atoms with Gasteiger partial charge in [-0.1, -0.05) is 0 Å². The minimum atomic E-state index is -1.03. The molecule has 0 bridgehead atoms. The first-order valence-corrected chi connectivity index (χ1v) is 5.21. The highest BCUT2D eigenvalue weighted by Gasteiger charge is 2.11. The monoisotopic (exact) mass is 237 g/mol. The van der Waals surface area contributed by atoms with E-state index in [9.17, 15) is 9.59 Å². The van der Waals surface area contributed by atoms with Crippen molar-refractivity contribution < 1.29 is 19.4 Å². The Morgan fingerprint density at radius 3 is 2.47 bits per heavy atom. The van der Waals surface area contributed by atoms with Crippen LogP contribution in [0.4, 0.5) is 5.69 Å². The number of amides is 1. The fraction of sp³-hybridized carbons (Fsp3) is 0.333. The summed E-state index contributed by atoms with van der Waals surface area (Å²) in [5, 5.41) is 11.5. The predicted octanol–water partition coefficient (Wildman–Crippen LogP) is 2.13. The first-order valence-electron chi connectivity index (χ1n) is 5.21. The van der Waals surface area contributed by atoms with Crippen molar-refractivity contribution in [1.29, 1.82) is 0 Å². The normalized spacial score (nSPS) is 10.1. The first kappa shape index (κ1) is 13.0.